The molecule has 0 aliphatic heterocycles. The predicted octanol–water partition coefficient (Wildman–Crippen LogP) is 2.30. The molecule has 2 aromatic rings. The van der Waals surface area contributed by atoms with Crippen LogP contribution in [0.5, 0.6) is 0 Å². The van der Waals surface area contributed by atoms with Crippen molar-refractivity contribution < 1.29 is 4.79 Å². The van der Waals surface area contributed by atoms with Gasteiger partial charge in [0.25, 0.3) is 0 Å². The predicted molar refractivity (Wildman–Crippen MR) is 92.3 cm³/mol. The van der Waals surface area contributed by atoms with Crippen molar-refractivity contribution in [3.05, 3.63) is 48.3 Å². The molecule has 0 aliphatic rings. The summed E-state index contributed by atoms with van der Waals surface area (Å²) in [6, 6.07) is 9.97. The molecule has 0 spiro atoms. The Hall–Kier alpha value is -2.14. The lowest BCUT2D eigenvalue weighted by atomic mass is 9.81. The Kier molecular flexibility index (Phi) is 5.93. The zero-order chi connectivity index (χ0) is 16.7. The molecule has 0 bridgehead atoms. The van der Waals surface area contributed by atoms with E-state index in [1.54, 1.807) is 0 Å². The quantitative estimate of drug-likeness (QED) is 0.785. The minimum atomic E-state index is -0.436. The van der Waals surface area contributed by atoms with Crippen molar-refractivity contribution in [3.8, 4) is 5.69 Å². The van der Waals surface area contributed by atoms with Crippen LogP contribution in [0.4, 0.5) is 0 Å². The largest absolute Gasteiger partial charge is 0.355 e. The lowest BCUT2D eigenvalue weighted by Gasteiger charge is -2.28. The maximum absolute atomic E-state index is 12.4. The number of nitrogens with one attached hydrogen (secondary N) is 1. The van der Waals surface area contributed by atoms with Gasteiger partial charge in [-0.25, -0.2) is 4.68 Å². The highest BCUT2D eigenvalue weighted by Crippen LogP contribution is 2.24. The van der Waals surface area contributed by atoms with E-state index in [0.717, 1.165) is 30.5 Å². The second-order valence-electron chi connectivity index (χ2n) is 5.83. The summed E-state index contributed by atoms with van der Waals surface area (Å²) in [5, 5.41) is 7.38. The third-order valence-corrected chi connectivity index (χ3v) is 4.58. The van der Waals surface area contributed by atoms with Gasteiger partial charge in [0.1, 0.15) is 0 Å². The number of benzene rings is 1. The van der Waals surface area contributed by atoms with Crippen LogP contribution in [-0.2, 0) is 11.2 Å². The monoisotopic (exact) mass is 314 g/mol. The van der Waals surface area contributed by atoms with E-state index in [1.807, 2.05) is 61.3 Å². The van der Waals surface area contributed by atoms with Crippen molar-refractivity contribution in [1.82, 2.24) is 15.1 Å². The van der Waals surface area contributed by atoms with E-state index in [-0.39, 0.29) is 5.91 Å². The molecule has 0 fully saturated rings. The normalized spacial score (nSPS) is 11.4. The number of hydrogen-bond acceptors (Lipinski definition) is 3. The smallest absolute Gasteiger partial charge is 0.227 e. The summed E-state index contributed by atoms with van der Waals surface area (Å²) in [6.45, 7) is 5.01. The Bertz CT molecular complexity index is 609. The molecular weight excluding hydrogens is 288 g/mol. The molecule has 0 aliphatic carbocycles. The lowest BCUT2D eigenvalue weighted by Crippen LogP contribution is -2.45. The van der Waals surface area contributed by atoms with Crippen LogP contribution in [0.25, 0.3) is 5.69 Å². The van der Waals surface area contributed by atoms with Gasteiger partial charge in [0.2, 0.25) is 5.91 Å². The van der Waals surface area contributed by atoms with Gasteiger partial charge in [0.15, 0.2) is 0 Å². The fourth-order valence-electron chi connectivity index (χ4n) is 2.67. The molecule has 124 valence electrons. The molecule has 0 radical (unpaired) electrons. The summed E-state index contributed by atoms with van der Waals surface area (Å²) in [7, 11) is 0. The van der Waals surface area contributed by atoms with Gasteiger partial charge in [0, 0.05) is 19.3 Å². The first kappa shape index (κ1) is 17.2. The van der Waals surface area contributed by atoms with Gasteiger partial charge >= 0.3 is 0 Å². The molecule has 0 saturated carbocycles. The third-order valence-electron chi connectivity index (χ3n) is 4.58. The third kappa shape index (κ3) is 3.99. The number of hydrogen-bond donors (Lipinski definition) is 2. The van der Waals surface area contributed by atoms with Crippen LogP contribution in [0.2, 0.25) is 0 Å². The Morgan fingerprint density at radius 1 is 1.26 bits per heavy atom. The minimum Gasteiger partial charge on any atom is -0.355 e. The van der Waals surface area contributed by atoms with Gasteiger partial charge in [-0.05, 0) is 37.0 Å². The molecule has 1 aromatic carbocycles. The fraction of sp³-hybridized carbons (Fsp3) is 0.444. The van der Waals surface area contributed by atoms with Crippen LogP contribution in [-0.4, -0.2) is 28.8 Å². The van der Waals surface area contributed by atoms with Crippen LogP contribution in [0.15, 0.2) is 42.7 Å². The van der Waals surface area contributed by atoms with E-state index in [4.69, 9.17) is 5.73 Å². The second kappa shape index (κ2) is 7.92. The Morgan fingerprint density at radius 3 is 2.57 bits per heavy atom. The minimum absolute atomic E-state index is 0.0560. The van der Waals surface area contributed by atoms with Crippen molar-refractivity contribution in [2.24, 2.45) is 11.1 Å². The van der Waals surface area contributed by atoms with Gasteiger partial charge in [0.05, 0.1) is 17.3 Å². The Balaban J connectivity index is 1.90. The van der Waals surface area contributed by atoms with Crippen molar-refractivity contribution in [1.29, 1.82) is 0 Å². The average Bonchev–Trinajstić information content (AvgIpc) is 3.07. The topological polar surface area (TPSA) is 72.9 Å². The number of rotatable bonds is 8. The van der Waals surface area contributed by atoms with Crippen molar-refractivity contribution in [3.63, 3.8) is 0 Å². The highest BCUT2D eigenvalue weighted by molar-refractivity contribution is 5.82. The molecule has 5 heteroatoms. The average molecular weight is 314 g/mol. The SMILES string of the molecule is CCC(CC)(CN)C(=O)NCCc1cnn(-c2ccccc2)c1. The molecule has 23 heavy (non-hydrogen) atoms. The summed E-state index contributed by atoms with van der Waals surface area (Å²) in [5.74, 6) is 0.0560. The van der Waals surface area contributed by atoms with E-state index in [9.17, 15) is 4.79 Å². The summed E-state index contributed by atoms with van der Waals surface area (Å²) >= 11 is 0. The number of carbonyl (C=O) groups excluding carboxylic acids is 1. The Labute approximate surface area is 137 Å². The molecule has 0 saturated heterocycles. The summed E-state index contributed by atoms with van der Waals surface area (Å²) in [5.41, 5.74) is 7.50. The van der Waals surface area contributed by atoms with E-state index in [0.29, 0.717) is 13.1 Å². The number of amides is 1. The maximum atomic E-state index is 12.4. The van der Waals surface area contributed by atoms with Gasteiger partial charge in [-0.15, -0.1) is 0 Å². The first-order chi connectivity index (χ1) is 11.1. The molecule has 3 N–H and O–H groups in total. The first-order valence-corrected chi connectivity index (χ1v) is 8.22. The van der Waals surface area contributed by atoms with E-state index < -0.39 is 5.41 Å². The molecule has 0 atom stereocenters. The molecule has 1 aromatic heterocycles. The van der Waals surface area contributed by atoms with Crippen LogP contribution in [0.1, 0.15) is 32.3 Å². The van der Waals surface area contributed by atoms with Gasteiger partial charge < -0.3 is 11.1 Å². The lowest BCUT2D eigenvalue weighted by molar-refractivity contribution is -0.131. The number of para-hydroxylation sites is 1. The number of aromatic nitrogens is 2. The van der Waals surface area contributed by atoms with Crippen molar-refractivity contribution in [2.75, 3.05) is 13.1 Å². The molecule has 5 nitrogen and oxygen atoms in total. The van der Waals surface area contributed by atoms with Crippen LogP contribution >= 0.6 is 0 Å². The van der Waals surface area contributed by atoms with E-state index in [2.05, 4.69) is 10.4 Å². The van der Waals surface area contributed by atoms with Crippen LogP contribution in [0, 0.1) is 5.41 Å². The molecule has 1 heterocycles. The van der Waals surface area contributed by atoms with E-state index >= 15 is 0 Å². The molecule has 2 rings (SSSR count). The zero-order valence-corrected chi connectivity index (χ0v) is 14.0. The number of carbonyl (C=O) groups is 1. The van der Waals surface area contributed by atoms with Gasteiger partial charge in [-0.1, -0.05) is 32.0 Å². The molecule has 1 amide bonds. The number of nitrogens with zero attached hydrogens (tertiary/aromatic N) is 2. The van der Waals surface area contributed by atoms with Gasteiger partial charge in [-0.2, -0.15) is 5.10 Å². The maximum Gasteiger partial charge on any atom is 0.227 e. The second-order valence-corrected chi connectivity index (χ2v) is 5.83. The van der Waals surface area contributed by atoms with Gasteiger partial charge in [-0.3, -0.25) is 4.79 Å². The highest BCUT2D eigenvalue weighted by Gasteiger charge is 2.32. The zero-order valence-electron chi connectivity index (χ0n) is 14.0. The fourth-order valence-corrected chi connectivity index (χ4v) is 2.67. The van der Waals surface area contributed by atoms with Crippen molar-refractivity contribution in [2.45, 2.75) is 33.1 Å². The highest BCUT2D eigenvalue weighted by atomic mass is 16.2. The summed E-state index contributed by atoms with van der Waals surface area (Å²) in [6.07, 6.45) is 6.12. The van der Waals surface area contributed by atoms with Crippen LogP contribution in [0.3, 0.4) is 0 Å². The Morgan fingerprint density at radius 2 is 1.96 bits per heavy atom. The molecule has 0 unspecified atom stereocenters. The summed E-state index contributed by atoms with van der Waals surface area (Å²) in [4.78, 5) is 12.4. The van der Waals surface area contributed by atoms with Crippen molar-refractivity contribution >= 4 is 5.91 Å². The standard InChI is InChI=1S/C18H26N4O/c1-3-18(4-2,14-19)17(23)20-11-10-15-12-21-22(13-15)16-8-6-5-7-9-16/h5-9,12-13H,3-4,10-11,14,19H2,1-2H3,(H,20,23). The van der Waals surface area contributed by atoms with Crippen LogP contribution < -0.4 is 11.1 Å². The first-order valence-electron chi connectivity index (χ1n) is 8.22. The van der Waals surface area contributed by atoms with E-state index in [1.165, 1.54) is 0 Å². The number of nitrogens with two attached hydrogens (primary N) is 1. The molecular formula is C18H26N4O. The summed E-state index contributed by atoms with van der Waals surface area (Å²) < 4.78 is 1.85.